The second-order valence-corrected chi connectivity index (χ2v) is 11.0. The molecule has 2 aliphatic heterocycles. The zero-order valence-electron chi connectivity index (χ0n) is 21.7. The number of fused-ring (bicyclic) bond motifs is 1. The van der Waals surface area contributed by atoms with Crippen molar-refractivity contribution in [2.75, 3.05) is 44.2 Å². The fourth-order valence-electron chi connectivity index (χ4n) is 4.81. The van der Waals surface area contributed by atoms with Gasteiger partial charge in [-0.25, -0.2) is 14.5 Å². The van der Waals surface area contributed by atoms with Crippen LogP contribution in [0.5, 0.6) is 5.75 Å². The van der Waals surface area contributed by atoms with E-state index in [0.29, 0.717) is 41.7 Å². The van der Waals surface area contributed by atoms with Crippen molar-refractivity contribution in [3.63, 3.8) is 0 Å². The smallest absolute Gasteiger partial charge is 0.410 e. The summed E-state index contributed by atoms with van der Waals surface area (Å²) in [5.41, 5.74) is 1.19. The highest BCUT2D eigenvalue weighted by Gasteiger charge is 2.35. The Morgan fingerprint density at radius 2 is 1.75 bits per heavy atom. The summed E-state index contributed by atoms with van der Waals surface area (Å²) in [5.74, 6) is 1.05. The largest absolute Gasteiger partial charge is 0.415 e. The van der Waals surface area contributed by atoms with E-state index in [1.807, 2.05) is 45.0 Å². The van der Waals surface area contributed by atoms with E-state index >= 15 is 0 Å². The molecule has 2 aliphatic rings. The van der Waals surface area contributed by atoms with Crippen molar-refractivity contribution >= 4 is 22.8 Å². The predicted molar refractivity (Wildman–Crippen MR) is 139 cm³/mol. The number of carbonyl (C=O) groups is 1. The molecule has 5 rings (SSSR count). The van der Waals surface area contributed by atoms with E-state index in [1.54, 1.807) is 15.8 Å². The first-order valence-corrected chi connectivity index (χ1v) is 12.6. The lowest BCUT2D eigenvalue weighted by atomic mass is 10.00. The Morgan fingerprint density at radius 1 is 1.08 bits per heavy atom. The Morgan fingerprint density at radius 3 is 2.36 bits per heavy atom. The van der Waals surface area contributed by atoms with Gasteiger partial charge in [-0.3, -0.25) is 9.69 Å². The maximum atomic E-state index is 12.7. The molecule has 4 heterocycles. The molecule has 3 aromatic rings. The summed E-state index contributed by atoms with van der Waals surface area (Å²) in [6, 6.07) is 8.28. The summed E-state index contributed by atoms with van der Waals surface area (Å²) in [6.07, 6.45) is 1.16. The van der Waals surface area contributed by atoms with Crippen LogP contribution in [0.25, 0.3) is 11.0 Å². The second-order valence-electron chi connectivity index (χ2n) is 11.0. The minimum absolute atomic E-state index is 0.0511. The Labute approximate surface area is 210 Å². The van der Waals surface area contributed by atoms with Crippen LogP contribution in [-0.4, -0.2) is 81.0 Å². The van der Waals surface area contributed by atoms with E-state index in [1.165, 1.54) is 0 Å². The highest BCUT2D eigenvalue weighted by molar-refractivity contribution is 5.74. The summed E-state index contributed by atoms with van der Waals surface area (Å²) in [5, 5.41) is 4.82. The zero-order chi connectivity index (χ0) is 25.6. The number of ether oxygens (including phenoxy) is 1. The molecule has 1 N–H and O–H groups in total. The first-order valence-electron chi connectivity index (χ1n) is 12.6. The number of likely N-dealkylation sites (tertiary alicyclic amines) is 1. The van der Waals surface area contributed by atoms with E-state index < -0.39 is 6.09 Å². The van der Waals surface area contributed by atoms with E-state index in [4.69, 9.17) is 4.74 Å². The van der Waals surface area contributed by atoms with Crippen LogP contribution >= 0.6 is 0 Å². The summed E-state index contributed by atoms with van der Waals surface area (Å²) >= 11 is 0. The lowest BCUT2D eigenvalue weighted by Crippen LogP contribution is -2.50. The van der Waals surface area contributed by atoms with Crippen LogP contribution in [-0.2, 0) is 5.54 Å². The monoisotopic (exact) mass is 493 g/mol. The number of rotatable bonds is 4. The molecule has 36 heavy (non-hydrogen) atoms. The third kappa shape index (κ3) is 4.69. The van der Waals surface area contributed by atoms with Gasteiger partial charge in [0.25, 0.3) is 5.56 Å². The SMILES string of the molecule is CC(C)N1CCN(c2ccc(OC(=O)N3CC(c4nc5c(cnn5C(C)(C)C)c(=O)[nH]4)C3)cc2)CC1. The molecule has 0 radical (unpaired) electrons. The van der Waals surface area contributed by atoms with Gasteiger partial charge in [0.15, 0.2) is 5.65 Å². The van der Waals surface area contributed by atoms with E-state index in [2.05, 4.69) is 38.7 Å². The summed E-state index contributed by atoms with van der Waals surface area (Å²) in [4.78, 5) is 39.2. The molecule has 0 saturated carbocycles. The number of carbonyl (C=O) groups excluding carboxylic acids is 1. The number of amides is 1. The number of nitrogens with zero attached hydrogens (tertiary/aromatic N) is 6. The molecule has 0 atom stereocenters. The standard InChI is InChI=1S/C26H35N7O3/c1-17(2)30-10-12-31(13-11-30)19-6-8-20(9-7-19)36-25(35)32-15-18(16-32)22-28-23-21(24(34)29-22)14-27-33(23)26(3,4)5/h6-9,14,17-18H,10-13,15-16H2,1-5H3,(H,28,29,34). The Kier molecular flexibility index (Phi) is 6.23. The zero-order valence-corrected chi connectivity index (χ0v) is 21.7. The number of piperazine rings is 1. The van der Waals surface area contributed by atoms with Gasteiger partial charge >= 0.3 is 6.09 Å². The van der Waals surface area contributed by atoms with Crippen LogP contribution < -0.4 is 15.2 Å². The van der Waals surface area contributed by atoms with Gasteiger partial charge in [-0.15, -0.1) is 0 Å². The molecule has 2 saturated heterocycles. The molecule has 0 bridgehead atoms. The van der Waals surface area contributed by atoms with Crippen molar-refractivity contribution in [2.24, 2.45) is 0 Å². The van der Waals surface area contributed by atoms with Crippen molar-refractivity contribution in [1.82, 2.24) is 29.5 Å². The normalized spacial score (nSPS) is 17.6. The third-order valence-electron chi connectivity index (χ3n) is 7.07. The van der Waals surface area contributed by atoms with Crippen LogP contribution in [0.15, 0.2) is 35.3 Å². The third-order valence-corrected chi connectivity index (χ3v) is 7.07. The van der Waals surface area contributed by atoms with Crippen molar-refractivity contribution < 1.29 is 9.53 Å². The highest BCUT2D eigenvalue weighted by Crippen LogP contribution is 2.28. The molecule has 10 heteroatoms. The lowest BCUT2D eigenvalue weighted by molar-refractivity contribution is 0.109. The maximum Gasteiger partial charge on any atom is 0.415 e. The predicted octanol–water partition coefficient (Wildman–Crippen LogP) is 3.00. The van der Waals surface area contributed by atoms with E-state index in [0.717, 1.165) is 31.9 Å². The summed E-state index contributed by atoms with van der Waals surface area (Å²) in [6.45, 7) is 15.5. The molecule has 0 spiro atoms. The fraction of sp³-hybridized carbons (Fsp3) is 0.538. The van der Waals surface area contributed by atoms with Gasteiger partial charge in [0.2, 0.25) is 0 Å². The molecular weight excluding hydrogens is 458 g/mol. The first kappa shape index (κ1) is 24.3. The quantitative estimate of drug-likeness (QED) is 0.596. The number of H-pyrrole nitrogens is 1. The van der Waals surface area contributed by atoms with E-state index in [-0.39, 0.29) is 17.0 Å². The highest BCUT2D eigenvalue weighted by atomic mass is 16.6. The molecule has 1 aromatic carbocycles. The average Bonchev–Trinajstić information content (AvgIpc) is 3.24. The molecule has 192 valence electrons. The van der Waals surface area contributed by atoms with Gasteiger partial charge < -0.3 is 19.5 Å². The summed E-state index contributed by atoms with van der Waals surface area (Å²) in [7, 11) is 0. The number of nitrogens with one attached hydrogen (secondary N) is 1. The maximum absolute atomic E-state index is 12.7. The van der Waals surface area contributed by atoms with Gasteiger partial charge in [0.05, 0.1) is 17.7 Å². The minimum Gasteiger partial charge on any atom is -0.410 e. The molecule has 2 fully saturated rings. The fourth-order valence-corrected chi connectivity index (χ4v) is 4.81. The van der Waals surface area contributed by atoms with Gasteiger partial charge in [-0.05, 0) is 58.9 Å². The van der Waals surface area contributed by atoms with Gasteiger partial charge in [0.1, 0.15) is 17.0 Å². The molecule has 1 amide bonds. The molecule has 10 nitrogen and oxygen atoms in total. The number of aromatic nitrogens is 4. The molecule has 0 unspecified atom stereocenters. The molecule has 2 aromatic heterocycles. The lowest BCUT2D eigenvalue weighted by Gasteiger charge is -2.38. The number of hydrogen-bond donors (Lipinski definition) is 1. The number of hydrogen-bond acceptors (Lipinski definition) is 7. The Hall–Kier alpha value is -3.40. The number of benzene rings is 1. The van der Waals surface area contributed by atoms with Crippen LogP contribution in [0.3, 0.4) is 0 Å². The number of aromatic amines is 1. The second kappa shape index (κ2) is 9.24. The van der Waals surface area contributed by atoms with Crippen LogP contribution in [0, 0.1) is 0 Å². The van der Waals surface area contributed by atoms with Crippen LogP contribution in [0.4, 0.5) is 10.5 Å². The van der Waals surface area contributed by atoms with Gasteiger partial charge in [-0.1, -0.05) is 0 Å². The molecular formula is C26H35N7O3. The van der Waals surface area contributed by atoms with Crippen molar-refractivity contribution in [3.8, 4) is 5.75 Å². The summed E-state index contributed by atoms with van der Waals surface area (Å²) < 4.78 is 7.36. The number of anilines is 1. The van der Waals surface area contributed by atoms with Crippen molar-refractivity contribution in [2.45, 2.75) is 52.1 Å². The van der Waals surface area contributed by atoms with Crippen molar-refractivity contribution in [1.29, 1.82) is 0 Å². The van der Waals surface area contributed by atoms with Gasteiger partial charge in [-0.2, -0.15) is 5.10 Å². The first-order chi connectivity index (χ1) is 17.1. The average molecular weight is 494 g/mol. The van der Waals surface area contributed by atoms with Gasteiger partial charge in [0, 0.05) is 51.0 Å². The van der Waals surface area contributed by atoms with Crippen LogP contribution in [0.2, 0.25) is 0 Å². The van der Waals surface area contributed by atoms with Crippen molar-refractivity contribution in [3.05, 3.63) is 46.6 Å². The molecule has 0 aliphatic carbocycles. The Bertz CT molecular complexity index is 1290. The minimum atomic E-state index is -0.396. The topological polar surface area (TPSA) is 99.6 Å². The van der Waals surface area contributed by atoms with Crippen LogP contribution in [0.1, 0.15) is 46.4 Å². The Balaban J connectivity index is 1.18. The van der Waals surface area contributed by atoms with E-state index in [9.17, 15) is 9.59 Å².